The second kappa shape index (κ2) is 5.19. The molecule has 0 saturated carbocycles. The van der Waals surface area contributed by atoms with Gasteiger partial charge in [-0.05, 0) is 44.0 Å². The van der Waals surface area contributed by atoms with E-state index in [2.05, 4.69) is 43.1 Å². The monoisotopic (exact) mass is 248 g/mol. The van der Waals surface area contributed by atoms with Crippen LogP contribution in [0.25, 0.3) is 0 Å². The minimum Gasteiger partial charge on any atom is -0.497 e. The van der Waals surface area contributed by atoms with E-state index >= 15 is 0 Å². The molecule has 18 heavy (non-hydrogen) atoms. The lowest BCUT2D eigenvalue weighted by Gasteiger charge is -2.42. The maximum atomic E-state index is 5.27. The molecule has 1 unspecified atom stereocenters. The van der Waals surface area contributed by atoms with Crippen molar-refractivity contribution in [2.24, 2.45) is 0 Å². The van der Waals surface area contributed by atoms with Crippen molar-refractivity contribution in [3.05, 3.63) is 23.8 Å². The first-order valence-electron chi connectivity index (χ1n) is 6.72. The van der Waals surface area contributed by atoms with Crippen molar-refractivity contribution in [2.45, 2.75) is 32.7 Å². The number of anilines is 1. The number of hydrogen-bond donors (Lipinski definition) is 1. The summed E-state index contributed by atoms with van der Waals surface area (Å²) >= 11 is 0. The number of methoxy groups -OCH3 is 1. The first-order valence-corrected chi connectivity index (χ1v) is 6.72. The van der Waals surface area contributed by atoms with Gasteiger partial charge in [0.1, 0.15) is 5.75 Å². The van der Waals surface area contributed by atoms with Gasteiger partial charge in [0.25, 0.3) is 0 Å². The summed E-state index contributed by atoms with van der Waals surface area (Å²) in [5.74, 6) is 0.935. The number of aryl methyl sites for hydroxylation is 1. The molecular formula is C15H24N2O. The molecule has 0 spiro atoms. The van der Waals surface area contributed by atoms with Gasteiger partial charge in [-0.25, -0.2) is 0 Å². The SMILES string of the molecule is CCC1(C)CN(c2ccc(OC)cc2C)CCN1. The highest BCUT2D eigenvalue weighted by molar-refractivity contribution is 5.56. The fourth-order valence-electron chi connectivity index (χ4n) is 2.60. The normalized spacial score (nSPS) is 24.1. The standard InChI is InChI=1S/C15H24N2O/c1-5-15(3)11-17(9-8-16-15)14-7-6-13(18-4)10-12(14)2/h6-7,10,16H,5,8-9,11H2,1-4H3. The molecule has 0 radical (unpaired) electrons. The predicted molar refractivity (Wildman–Crippen MR) is 76.6 cm³/mol. The Hall–Kier alpha value is -1.22. The summed E-state index contributed by atoms with van der Waals surface area (Å²) in [6.07, 6.45) is 1.15. The predicted octanol–water partition coefficient (Wildman–Crippen LogP) is 2.58. The highest BCUT2D eigenvalue weighted by Crippen LogP contribution is 2.27. The molecule has 0 bridgehead atoms. The summed E-state index contributed by atoms with van der Waals surface area (Å²) in [6, 6.07) is 6.34. The summed E-state index contributed by atoms with van der Waals surface area (Å²) in [5, 5.41) is 3.62. The second-order valence-electron chi connectivity index (χ2n) is 5.41. The van der Waals surface area contributed by atoms with Gasteiger partial charge in [0.15, 0.2) is 0 Å². The first-order chi connectivity index (χ1) is 8.58. The molecule has 1 aromatic rings. The smallest absolute Gasteiger partial charge is 0.119 e. The lowest BCUT2D eigenvalue weighted by molar-refractivity contribution is 0.314. The zero-order valence-corrected chi connectivity index (χ0v) is 11.9. The van der Waals surface area contributed by atoms with E-state index in [1.807, 2.05) is 6.07 Å². The van der Waals surface area contributed by atoms with Crippen molar-refractivity contribution in [1.29, 1.82) is 0 Å². The fraction of sp³-hybridized carbons (Fsp3) is 0.600. The van der Waals surface area contributed by atoms with E-state index in [9.17, 15) is 0 Å². The Labute approximate surface area is 110 Å². The van der Waals surface area contributed by atoms with Crippen molar-refractivity contribution in [1.82, 2.24) is 5.32 Å². The highest BCUT2D eigenvalue weighted by atomic mass is 16.5. The molecule has 1 N–H and O–H groups in total. The third-order valence-corrected chi connectivity index (χ3v) is 4.00. The molecule has 0 amide bonds. The molecule has 3 heteroatoms. The van der Waals surface area contributed by atoms with Gasteiger partial charge in [-0.15, -0.1) is 0 Å². The number of piperazine rings is 1. The molecule has 1 heterocycles. The molecular weight excluding hydrogens is 224 g/mol. The Balaban J connectivity index is 2.21. The van der Waals surface area contributed by atoms with E-state index in [1.165, 1.54) is 11.3 Å². The second-order valence-corrected chi connectivity index (χ2v) is 5.41. The molecule has 100 valence electrons. The molecule has 0 aromatic heterocycles. The summed E-state index contributed by atoms with van der Waals surface area (Å²) in [5.41, 5.74) is 2.84. The van der Waals surface area contributed by atoms with Crippen LogP contribution < -0.4 is 15.0 Å². The Morgan fingerprint density at radius 3 is 2.83 bits per heavy atom. The Bertz CT molecular complexity index is 419. The maximum absolute atomic E-state index is 5.27. The van der Waals surface area contributed by atoms with Crippen molar-refractivity contribution in [3.63, 3.8) is 0 Å². The Morgan fingerprint density at radius 2 is 2.22 bits per heavy atom. The minimum atomic E-state index is 0.227. The summed E-state index contributed by atoms with van der Waals surface area (Å²) in [4.78, 5) is 2.48. The average Bonchev–Trinajstić information content (AvgIpc) is 2.38. The molecule has 1 aliphatic rings. The van der Waals surface area contributed by atoms with E-state index in [1.54, 1.807) is 7.11 Å². The van der Waals surface area contributed by atoms with E-state index in [4.69, 9.17) is 4.74 Å². The number of hydrogen-bond acceptors (Lipinski definition) is 3. The van der Waals surface area contributed by atoms with Gasteiger partial charge in [-0.1, -0.05) is 6.92 Å². The fourth-order valence-corrected chi connectivity index (χ4v) is 2.60. The van der Waals surface area contributed by atoms with E-state index in [0.717, 1.165) is 31.8 Å². The Kier molecular flexibility index (Phi) is 3.81. The molecule has 3 nitrogen and oxygen atoms in total. The van der Waals surface area contributed by atoms with Crippen LogP contribution >= 0.6 is 0 Å². The van der Waals surface area contributed by atoms with Crippen LogP contribution in [0, 0.1) is 6.92 Å². The Morgan fingerprint density at radius 1 is 1.44 bits per heavy atom. The number of nitrogens with zero attached hydrogens (tertiary/aromatic N) is 1. The lowest BCUT2D eigenvalue weighted by Crippen LogP contribution is -2.58. The molecule has 1 atom stereocenters. The minimum absolute atomic E-state index is 0.227. The molecule has 1 aliphatic heterocycles. The van der Waals surface area contributed by atoms with Crippen LogP contribution in [0.2, 0.25) is 0 Å². The number of rotatable bonds is 3. The van der Waals surface area contributed by atoms with Crippen LogP contribution in [-0.2, 0) is 0 Å². The van der Waals surface area contributed by atoms with Crippen LogP contribution in [0.5, 0.6) is 5.75 Å². The molecule has 0 aliphatic carbocycles. The van der Waals surface area contributed by atoms with Gasteiger partial charge in [0.05, 0.1) is 7.11 Å². The van der Waals surface area contributed by atoms with Crippen LogP contribution in [0.4, 0.5) is 5.69 Å². The first kappa shape index (κ1) is 13.2. The maximum Gasteiger partial charge on any atom is 0.119 e. The molecule has 1 fully saturated rings. The zero-order chi connectivity index (χ0) is 13.2. The topological polar surface area (TPSA) is 24.5 Å². The summed E-state index contributed by atoms with van der Waals surface area (Å²) in [7, 11) is 1.72. The average molecular weight is 248 g/mol. The van der Waals surface area contributed by atoms with Gasteiger partial charge < -0.3 is 15.0 Å². The lowest BCUT2D eigenvalue weighted by atomic mass is 9.95. The molecule has 2 rings (SSSR count). The van der Waals surface area contributed by atoms with Gasteiger partial charge in [0, 0.05) is 30.9 Å². The van der Waals surface area contributed by atoms with Crippen molar-refractivity contribution < 1.29 is 4.74 Å². The van der Waals surface area contributed by atoms with Crippen LogP contribution in [0.1, 0.15) is 25.8 Å². The molecule has 1 saturated heterocycles. The zero-order valence-electron chi connectivity index (χ0n) is 11.9. The van der Waals surface area contributed by atoms with Gasteiger partial charge >= 0.3 is 0 Å². The summed E-state index contributed by atoms with van der Waals surface area (Å²) < 4.78 is 5.27. The quantitative estimate of drug-likeness (QED) is 0.890. The van der Waals surface area contributed by atoms with Crippen molar-refractivity contribution >= 4 is 5.69 Å². The highest BCUT2D eigenvalue weighted by Gasteiger charge is 2.29. The summed E-state index contributed by atoms with van der Waals surface area (Å²) in [6.45, 7) is 9.90. The van der Waals surface area contributed by atoms with E-state index < -0.39 is 0 Å². The van der Waals surface area contributed by atoms with Crippen molar-refractivity contribution in [3.8, 4) is 5.75 Å². The number of nitrogens with one attached hydrogen (secondary N) is 1. The van der Waals surface area contributed by atoms with Gasteiger partial charge in [-0.3, -0.25) is 0 Å². The van der Waals surface area contributed by atoms with Crippen LogP contribution in [0.3, 0.4) is 0 Å². The molecule has 1 aromatic carbocycles. The number of benzene rings is 1. The largest absolute Gasteiger partial charge is 0.497 e. The van der Waals surface area contributed by atoms with E-state index in [0.29, 0.717) is 0 Å². The van der Waals surface area contributed by atoms with Gasteiger partial charge in [-0.2, -0.15) is 0 Å². The number of ether oxygens (including phenoxy) is 1. The van der Waals surface area contributed by atoms with Crippen LogP contribution in [0.15, 0.2) is 18.2 Å². The third kappa shape index (κ3) is 2.61. The van der Waals surface area contributed by atoms with Gasteiger partial charge in [0.2, 0.25) is 0 Å². The van der Waals surface area contributed by atoms with Crippen LogP contribution in [-0.4, -0.2) is 32.3 Å². The van der Waals surface area contributed by atoms with Crippen molar-refractivity contribution in [2.75, 3.05) is 31.6 Å². The van der Waals surface area contributed by atoms with E-state index in [-0.39, 0.29) is 5.54 Å². The third-order valence-electron chi connectivity index (χ3n) is 4.00.